The lowest BCUT2D eigenvalue weighted by molar-refractivity contribution is -0.263. The van der Waals surface area contributed by atoms with Gasteiger partial charge in [-0.05, 0) is 30.4 Å². The monoisotopic (exact) mass is 368 g/mol. The van der Waals surface area contributed by atoms with E-state index in [2.05, 4.69) is 0 Å². The zero-order valence-electron chi connectivity index (χ0n) is 14.0. The molecule has 1 atom stereocenters. The summed E-state index contributed by atoms with van der Waals surface area (Å²) in [6, 6.07) is 8.69. The highest BCUT2D eigenvalue weighted by Gasteiger charge is 2.53. The Morgan fingerprint density at radius 3 is 2.62 bits per heavy atom. The van der Waals surface area contributed by atoms with Crippen LogP contribution in [0.15, 0.2) is 41.3 Å². The van der Waals surface area contributed by atoms with Crippen LogP contribution in [-0.4, -0.2) is 45.3 Å². The maximum Gasteiger partial charge on any atom is 0.417 e. The fourth-order valence-corrected chi connectivity index (χ4v) is 3.25. The summed E-state index contributed by atoms with van der Waals surface area (Å²) >= 11 is 0. The van der Waals surface area contributed by atoms with Gasteiger partial charge < -0.3 is 14.6 Å². The number of hydrogen-bond acceptors (Lipinski definition) is 3. The highest BCUT2D eigenvalue weighted by atomic mass is 19.4. The normalized spacial score (nSPS) is 21.6. The summed E-state index contributed by atoms with van der Waals surface area (Å²) in [6.07, 6.45) is -4.16. The summed E-state index contributed by atoms with van der Waals surface area (Å²) in [7, 11) is 0. The molecule has 0 radical (unpaired) electrons. The van der Waals surface area contributed by atoms with Crippen molar-refractivity contribution in [3.8, 4) is 0 Å². The Labute approximate surface area is 147 Å². The number of likely N-dealkylation sites (tertiary alicyclic amines) is 1. The molecule has 2 aromatic rings. The van der Waals surface area contributed by atoms with E-state index in [1.807, 2.05) is 0 Å². The molecule has 1 aromatic carbocycles. The first-order valence-corrected chi connectivity index (χ1v) is 8.36. The van der Waals surface area contributed by atoms with Gasteiger partial charge in [-0.1, -0.05) is 18.2 Å². The van der Waals surface area contributed by atoms with Crippen molar-refractivity contribution in [3.05, 3.63) is 46.9 Å². The molecule has 0 spiro atoms. The Morgan fingerprint density at radius 1 is 1.15 bits per heavy atom. The average molecular weight is 368 g/mol. The molecule has 2 heterocycles. The Morgan fingerprint density at radius 2 is 1.88 bits per heavy atom. The highest BCUT2D eigenvalue weighted by Crippen LogP contribution is 2.38. The molecule has 1 fully saturated rings. The predicted octanol–water partition coefficient (Wildman–Crippen LogP) is 2.31. The number of aromatic nitrogens is 1. The van der Waals surface area contributed by atoms with Gasteiger partial charge in [0.15, 0.2) is 5.60 Å². The molecule has 1 aliphatic rings. The van der Waals surface area contributed by atoms with Crippen LogP contribution in [0.3, 0.4) is 0 Å². The molecule has 1 N–H and O–H groups in total. The van der Waals surface area contributed by atoms with Crippen LogP contribution in [-0.2, 0) is 11.3 Å². The summed E-state index contributed by atoms with van der Waals surface area (Å²) in [5.41, 5.74) is -3.08. The van der Waals surface area contributed by atoms with E-state index in [4.69, 9.17) is 0 Å². The molecule has 0 bridgehead atoms. The van der Waals surface area contributed by atoms with Crippen molar-refractivity contribution < 1.29 is 23.1 Å². The smallest absolute Gasteiger partial charge is 0.380 e. The molecule has 5 nitrogen and oxygen atoms in total. The van der Waals surface area contributed by atoms with Crippen LogP contribution in [0, 0.1) is 0 Å². The van der Waals surface area contributed by atoms with Crippen molar-refractivity contribution in [1.82, 2.24) is 9.47 Å². The molecule has 1 unspecified atom stereocenters. The van der Waals surface area contributed by atoms with E-state index in [1.165, 1.54) is 15.7 Å². The zero-order valence-corrected chi connectivity index (χ0v) is 14.0. The summed E-state index contributed by atoms with van der Waals surface area (Å²) in [5, 5.41) is 11.1. The largest absolute Gasteiger partial charge is 0.417 e. The SMILES string of the molecule is O=C(Cn1ccc2ccccc2c1=O)N1CCCC(O)(C(F)(F)F)CC1. The second kappa shape index (κ2) is 6.75. The van der Waals surface area contributed by atoms with Crippen molar-refractivity contribution in [2.75, 3.05) is 13.1 Å². The second-order valence-electron chi connectivity index (χ2n) is 6.60. The first kappa shape index (κ1) is 18.4. The Bertz CT molecular complexity index is 878. The zero-order chi connectivity index (χ0) is 18.9. The fraction of sp³-hybridized carbons (Fsp3) is 0.444. The Kier molecular flexibility index (Phi) is 4.79. The van der Waals surface area contributed by atoms with Crippen LogP contribution in [0.1, 0.15) is 19.3 Å². The lowest BCUT2D eigenvalue weighted by Gasteiger charge is -2.29. The van der Waals surface area contributed by atoms with Gasteiger partial charge >= 0.3 is 6.18 Å². The quantitative estimate of drug-likeness (QED) is 0.885. The average Bonchev–Trinajstić information content (AvgIpc) is 2.80. The third kappa shape index (κ3) is 3.46. The first-order valence-electron chi connectivity index (χ1n) is 8.36. The minimum Gasteiger partial charge on any atom is -0.380 e. The maximum absolute atomic E-state index is 13.0. The van der Waals surface area contributed by atoms with E-state index in [1.54, 1.807) is 30.3 Å². The number of carbonyl (C=O) groups excluding carboxylic acids is 1. The number of amides is 1. The van der Waals surface area contributed by atoms with Gasteiger partial charge in [0, 0.05) is 31.1 Å². The molecule has 140 valence electrons. The number of hydrogen-bond donors (Lipinski definition) is 1. The molecule has 8 heteroatoms. The van der Waals surface area contributed by atoms with Gasteiger partial charge in [0.05, 0.1) is 0 Å². The number of aliphatic hydroxyl groups is 1. The van der Waals surface area contributed by atoms with E-state index >= 15 is 0 Å². The van der Waals surface area contributed by atoms with Crippen LogP contribution in [0.25, 0.3) is 10.8 Å². The van der Waals surface area contributed by atoms with Gasteiger partial charge in [0.2, 0.25) is 5.91 Å². The molecule has 1 aliphatic heterocycles. The summed E-state index contributed by atoms with van der Waals surface area (Å²) in [5.74, 6) is -0.436. The molecular weight excluding hydrogens is 349 g/mol. The third-order valence-electron chi connectivity index (χ3n) is 4.89. The molecule has 1 saturated heterocycles. The third-order valence-corrected chi connectivity index (χ3v) is 4.89. The van der Waals surface area contributed by atoms with E-state index in [-0.39, 0.29) is 31.6 Å². The number of fused-ring (bicyclic) bond motifs is 1. The molecule has 3 rings (SSSR count). The lowest BCUT2D eigenvalue weighted by atomic mass is 9.94. The molecule has 1 aromatic heterocycles. The number of halogens is 3. The van der Waals surface area contributed by atoms with Gasteiger partial charge in [0.1, 0.15) is 6.54 Å². The van der Waals surface area contributed by atoms with E-state index in [9.17, 15) is 27.9 Å². The van der Waals surface area contributed by atoms with Gasteiger partial charge in [-0.3, -0.25) is 9.59 Å². The minimum absolute atomic E-state index is 0.0500. The molecular formula is C18H19F3N2O3. The van der Waals surface area contributed by atoms with Crippen LogP contribution in [0.2, 0.25) is 0 Å². The standard InChI is InChI=1S/C18H19F3N2O3/c19-18(20,21)17(26)7-3-9-22(11-8-17)15(24)12-23-10-6-13-4-1-2-5-14(13)16(23)25/h1-2,4-6,10,26H,3,7-9,11-12H2. The van der Waals surface area contributed by atoms with Crippen molar-refractivity contribution in [2.24, 2.45) is 0 Å². The van der Waals surface area contributed by atoms with Crippen LogP contribution >= 0.6 is 0 Å². The highest BCUT2D eigenvalue weighted by molar-refractivity contribution is 5.82. The van der Waals surface area contributed by atoms with E-state index in [0.29, 0.717) is 5.39 Å². The van der Waals surface area contributed by atoms with Crippen LogP contribution in [0.5, 0.6) is 0 Å². The molecule has 0 aliphatic carbocycles. The summed E-state index contributed by atoms with van der Waals surface area (Å²) in [4.78, 5) is 26.2. The number of carbonyl (C=O) groups is 1. The number of rotatable bonds is 2. The Hall–Kier alpha value is -2.35. The molecule has 1 amide bonds. The van der Waals surface area contributed by atoms with Crippen LogP contribution < -0.4 is 5.56 Å². The molecule has 0 saturated carbocycles. The number of benzene rings is 1. The maximum atomic E-state index is 13.0. The van der Waals surface area contributed by atoms with Gasteiger partial charge in [0.25, 0.3) is 5.56 Å². The van der Waals surface area contributed by atoms with E-state index < -0.39 is 30.5 Å². The van der Waals surface area contributed by atoms with E-state index in [0.717, 1.165) is 5.39 Å². The molecule has 26 heavy (non-hydrogen) atoms. The fourth-order valence-electron chi connectivity index (χ4n) is 3.25. The number of alkyl halides is 3. The first-order chi connectivity index (χ1) is 12.2. The second-order valence-corrected chi connectivity index (χ2v) is 6.60. The van der Waals surface area contributed by atoms with Gasteiger partial charge in [-0.2, -0.15) is 13.2 Å². The van der Waals surface area contributed by atoms with Crippen molar-refractivity contribution in [2.45, 2.75) is 37.6 Å². The van der Waals surface area contributed by atoms with Crippen LogP contribution in [0.4, 0.5) is 13.2 Å². The predicted molar refractivity (Wildman–Crippen MR) is 89.6 cm³/mol. The summed E-state index contributed by atoms with van der Waals surface area (Å²) < 4.78 is 40.2. The Balaban J connectivity index is 1.75. The number of nitrogens with zero attached hydrogens (tertiary/aromatic N) is 2. The van der Waals surface area contributed by atoms with Gasteiger partial charge in [-0.15, -0.1) is 0 Å². The number of pyridine rings is 1. The summed E-state index contributed by atoms with van der Waals surface area (Å²) in [6.45, 7) is -0.315. The minimum atomic E-state index is -4.72. The van der Waals surface area contributed by atoms with Crippen molar-refractivity contribution in [1.29, 1.82) is 0 Å². The van der Waals surface area contributed by atoms with Crippen molar-refractivity contribution in [3.63, 3.8) is 0 Å². The van der Waals surface area contributed by atoms with Crippen molar-refractivity contribution >= 4 is 16.7 Å². The van der Waals surface area contributed by atoms with Gasteiger partial charge in [-0.25, -0.2) is 0 Å². The lowest BCUT2D eigenvalue weighted by Crippen LogP contribution is -2.46. The topological polar surface area (TPSA) is 62.5 Å².